The molecule has 2 aromatic carbocycles. The highest BCUT2D eigenvalue weighted by atomic mass is 32.2. The molecule has 0 aliphatic rings. The smallest absolute Gasteiger partial charge is 0.377 e. The maximum Gasteiger partial charge on any atom is 0.377 e. The van der Waals surface area contributed by atoms with E-state index in [4.69, 9.17) is 9.47 Å². The zero-order valence-corrected chi connectivity index (χ0v) is 13.1. The number of rotatable bonds is 6. The molecule has 0 amide bonds. The van der Waals surface area contributed by atoms with Gasteiger partial charge in [0.15, 0.2) is 0 Å². The largest absolute Gasteiger partial charge is 0.500 e. The van der Waals surface area contributed by atoms with Crippen LogP contribution in [0.3, 0.4) is 0 Å². The summed E-state index contributed by atoms with van der Waals surface area (Å²) in [5.74, 6) is -0.0653. The van der Waals surface area contributed by atoms with Crippen LogP contribution in [0.2, 0.25) is 0 Å². The minimum atomic E-state index is -0.594. The Hall–Kier alpha value is -2.40. The fourth-order valence-electron chi connectivity index (χ4n) is 1.67. The lowest BCUT2D eigenvalue weighted by atomic mass is 10.3. The molecule has 0 saturated carbocycles. The molecule has 22 heavy (non-hydrogen) atoms. The number of hydrogen-bond acceptors (Lipinski definition) is 5. The van der Waals surface area contributed by atoms with Crippen molar-refractivity contribution in [3.8, 4) is 5.75 Å². The molecule has 2 rings (SSSR count). The van der Waals surface area contributed by atoms with Crippen LogP contribution >= 0.6 is 11.8 Å². The highest BCUT2D eigenvalue weighted by Gasteiger charge is 2.13. The van der Waals surface area contributed by atoms with Crippen molar-refractivity contribution in [3.05, 3.63) is 66.6 Å². The number of methoxy groups -OCH3 is 2. The van der Waals surface area contributed by atoms with Gasteiger partial charge in [-0.15, -0.1) is 0 Å². The van der Waals surface area contributed by atoms with Gasteiger partial charge in [0, 0.05) is 9.79 Å². The molecule has 0 aromatic heterocycles. The molecule has 0 aliphatic heterocycles. The van der Waals surface area contributed by atoms with E-state index in [1.165, 1.54) is 20.5 Å². The minimum Gasteiger partial charge on any atom is -0.500 e. The van der Waals surface area contributed by atoms with E-state index in [9.17, 15) is 4.79 Å². The summed E-state index contributed by atoms with van der Waals surface area (Å²) in [7, 11) is 2.73. The lowest BCUT2D eigenvalue weighted by molar-refractivity contribution is -0.138. The molecule has 2 aromatic rings. The molecule has 0 heterocycles. The molecule has 0 N–H and O–H groups in total. The second-order valence-corrected chi connectivity index (χ2v) is 5.35. The first kappa shape index (κ1) is 16.0. The summed E-state index contributed by atoms with van der Waals surface area (Å²) in [6, 6.07) is 17.5. The average Bonchev–Trinajstić information content (AvgIpc) is 2.55. The van der Waals surface area contributed by atoms with Crippen molar-refractivity contribution in [2.45, 2.75) is 9.79 Å². The first-order valence-corrected chi connectivity index (χ1v) is 7.36. The van der Waals surface area contributed by atoms with Crippen LogP contribution in [0.5, 0.6) is 5.75 Å². The lowest BCUT2D eigenvalue weighted by Gasteiger charge is -2.09. The van der Waals surface area contributed by atoms with E-state index in [2.05, 4.69) is 4.74 Å². The monoisotopic (exact) mass is 316 g/mol. The summed E-state index contributed by atoms with van der Waals surface area (Å²) < 4.78 is 15.0. The minimum absolute atomic E-state index is 0.00754. The van der Waals surface area contributed by atoms with Crippen molar-refractivity contribution in [2.75, 3.05) is 14.2 Å². The Morgan fingerprint density at radius 2 is 1.73 bits per heavy atom. The standard InChI is InChI=1S/C17H16O4S/c1-19-12-16(17(18)20-2)21-13-7-6-10-15(11-13)22-14-8-4-3-5-9-14/h3-12H,1-2H3/b16-12-. The van der Waals surface area contributed by atoms with Crippen molar-refractivity contribution >= 4 is 17.7 Å². The van der Waals surface area contributed by atoms with Crippen LogP contribution in [0.1, 0.15) is 0 Å². The molecular weight excluding hydrogens is 300 g/mol. The number of esters is 1. The Bertz CT molecular complexity index is 653. The van der Waals surface area contributed by atoms with Crippen LogP contribution in [-0.4, -0.2) is 20.2 Å². The maximum absolute atomic E-state index is 11.6. The summed E-state index contributed by atoms with van der Waals surface area (Å²) in [5, 5.41) is 0. The molecule has 0 radical (unpaired) electrons. The van der Waals surface area contributed by atoms with Crippen LogP contribution in [-0.2, 0) is 14.3 Å². The Kier molecular flexibility index (Phi) is 5.91. The van der Waals surface area contributed by atoms with E-state index >= 15 is 0 Å². The molecule has 0 spiro atoms. The van der Waals surface area contributed by atoms with E-state index in [-0.39, 0.29) is 5.76 Å². The van der Waals surface area contributed by atoms with Crippen molar-refractivity contribution in [3.63, 3.8) is 0 Å². The number of carbonyl (C=O) groups is 1. The fourth-order valence-corrected chi connectivity index (χ4v) is 2.56. The zero-order valence-electron chi connectivity index (χ0n) is 12.3. The van der Waals surface area contributed by atoms with Crippen LogP contribution in [0.15, 0.2) is 76.4 Å². The first-order chi connectivity index (χ1) is 10.7. The van der Waals surface area contributed by atoms with Crippen molar-refractivity contribution in [2.24, 2.45) is 0 Å². The number of benzene rings is 2. The second kappa shape index (κ2) is 8.14. The Labute approximate surface area is 133 Å². The van der Waals surface area contributed by atoms with Gasteiger partial charge in [0.2, 0.25) is 5.76 Å². The van der Waals surface area contributed by atoms with Gasteiger partial charge >= 0.3 is 5.97 Å². The van der Waals surface area contributed by atoms with Gasteiger partial charge in [-0.05, 0) is 30.3 Å². The zero-order chi connectivity index (χ0) is 15.8. The maximum atomic E-state index is 11.6. The third-order valence-corrected chi connectivity index (χ3v) is 3.62. The first-order valence-electron chi connectivity index (χ1n) is 6.55. The molecule has 114 valence electrons. The van der Waals surface area contributed by atoms with Crippen LogP contribution in [0.25, 0.3) is 0 Å². The van der Waals surface area contributed by atoms with Crippen LogP contribution in [0, 0.1) is 0 Å². The highest BCUT2D eigenvalue weighted by Crippen LogP contribution is 2.30. The van der Waals surface area contributed by atoms with Gasteiger partial charge < -0.3 is 14.2 Å². The summed E-state index contributed by atoms with van der Waals surface area (Å²) >= 11 is 1.61. The van der Waals surface area contributed by atoms with Gasteiger partial charge in [-0.3, -0.25) is 0 Å². The van der Waals surface area contributed by atoms with Crippen molar-refractivity contribution < 1.29 is 19.0 Å². The molecule has 0 fully saturated rings. The van der Waals surface area contributed by atoms with Crippen LogP contribution in [0.4, 0.5) is 0 Å². The van der Waals surface area contributed by atoms with Gasteiger partial charge in [0.05, 0.1) is 14.2 Å². The van der Waals surface area contributed by atoms with E-state index < -0.39 is 5.97 Å². The number of carbonyl (C=O) groups excluding carboxylic acids is 1. The average molecular weight is 316 g/mol. The Balaban J connectivity index is 2.14. The highest BCUT2D eigenvalue weighted by molar-refractivity contribution is 7.99. The lowest BCUT2D eigenvalue weighted by Crippen LogP contribution is -2.11. The normalized spacial score (nSPS) is 10.9. The fraction of sp³-hybridized carbons (Fsp3) is 0.118. The van der Waals surface area contributed by atoms with E-state index in [1.54, 1.807) is 17.8 Å². The molecule has 0 saturated heterocycles. The second-order valence-electron chi connectivity index (χ2n) is 4.20. The molecule has 4 nitrogen and oxygen atoms in total. The topological polar surface area (TPSA) is 44.8 Å². The molecule has 0 unspecified atom stereocenters. The van der Waals surface area contributed by atoms with Gasteiger partial charge in [0.1, 0.15) is 12.0 Å². The van der Waals surface area contributed by atoms with Gasteiger partial charge in [-0.2, -0.15) is 0 Å². The number of hydrogen-bond donors (Lipinski definition) is 0. The quantitative estimate of drug-likeness (QED) is 0.460. The van der Waals surface area contributed by atoms with E-state index in [1.807, 2.05) is 48.5 Å². The van der Waals surface area contributed by atoms with Gasteiger partial charge in [0.25, 0.3) is 0 Å². The Morgan fingerprint density at radius 3 is 2.41 bits per heavy atom. The predicted octanol–water partition coefficient (Wildman–Crippen LogP) is 3.88. The van der Waals surface area contributed by atoms with Crippen molar-refractivity contribution in [1.82, 2.24) is 0 Å². The summed E-state index contributed by atoms with van der Waals surface area (Å²) in [6.45, 7) is 0. The Morgan fingerprint density at radius 1 is 1.00 bits per heavy atom. The van der Waals surface area contributed by atoms with E-state index in [0.717, 1.165) is 9.79 Å². The SMILES string of the molecule is CO/C=C(\Oc1cccc(Sc2ccccc2)c1)C(=O)OC. The van der Waals surface area contributed by atoms with Gasteiger partial charge in [-0.1, -0.05) is 36.0 Å². The summed E-state index contributed by atoms with van der Waals surface area (Å²) in [6.07, 6.45) is 1.21. The van der Waals surface area contributed by atoms with Crippen LogP contribution < -0.4 is 4.74 Å². The molecule has 0 aliphatic carbocycles. The molecular formula is C17H16O4S. The molecule has 0 atom stereocenters. The molecule has 0 bridgehead atoms. The third kappa shape index (κ3) is 4.56. The summed E-state index contributed by atoms with van der Waals surface area (Å²) in [4.78, 5) is 13.7. The van der Waals surface area contributed by atoms with Crippen molar-refractivity contribution in [1.29, 1.82) is 0 Å². The third-order valence-electron chi connectivity index (χ3n) is 2.62. The van der Waals surface area contributed by atoms with Gasteiger partial charge in [-0.25, -0.2) is 4.79 Å². The molecule has 5 heteroatoms. The number of ether oxygens (including phenoxy) is 3. The summed E-state index contributed by atoms with van der Waals surface area (Å²) in [5.41, 5.74) is 0. The van der Waals surface area contributed by atoms with E-state index in [0.29, 0.717) is 5.75 Å². The predicted molar refractivity (Wildman–Crippen MR) is 84.7 cm³/mol.